The average Bonchev–Trinajstić information content (AvgIpc) is 2.21. The predicted molar refractivity (Wildman–Crippen MR) is 78.0 cm³/mol. The summed E-state index contributed by atoms with van der Waals surface area (Å²) in [6, 6.07) is 0. The summed E-state index contributed by atoms with van der Waals surface area (Å²) in [7, 11) is 0. The first-order valence-electron chi connectivity index (χ1n) is 6.52. The molecule has 0 aliphatic carbocycles. The van der Waals surface area contributed by atoms with Gasteiger partial charge in [-0.05, 0) is 0 Å². The van der Waals surface area contributed by atoms with E-state index in [9.17, 15) is 0 Å². The summed E-state index contributed by atoms with van der Waals surface area (Å²) >= 11 is -1.16. The summed E-state index contributed by atoms with van der Waals surface area (Å²) in [6.45, 7) is 7.00. The van der Waals surface area contributed by atoms with Crippen molar-refractivity contribution in [1.29, 1.82) is 0 Å². The van der Waals surface area contributed by atoms with E-state index < -0.39 is 13.6 Å². The monoisotopic (exact) mass is 297 g/mol. The van der Waals surface area contributed by atoms with Gasteiger partial charge in [-0.1, -0.05) is 0 Å². The van der Waals surface area contributed by atoms with Gasteiger partial charge < -0.3 is 0 Å². The van der Waals surface area contributed by atoms with Crippen LogP contribution in [0, 0.1) is 0 Å². The van der Waals surface area contributed by atoms with Gasteiger partial charge in [-0.25, -0.2) is 0 Å². The van der Waals surface area contributed by atoms with Crippen molar-refractivity contribution in [2.24, 2.45) is 0 Å². The zero-order valence-electron chi connectivity index (χ0n) is 11.2. The van der Waals surface area contributed by atoms with Crippen LogP contribution in [0.2, 0.25) is 21.3 Å². The number of halogens is 1. The molecule has 0 heterocycles. The van der Waals surface area contributed by atoms with E-state index >= 15 is 0 Å². The van der Waals surface area contributed by atoms with Crippen molar-refractivity contribution < 1.29 is 0 Å². The molecule has 0 aliphatic heterocycles. The minimum absolute atomic E-state index is 0. The van der Waals surface area contributed by atoms with Crippen LogP contribution < -0.4 is 0 Å². The van der Waals surface area contributed by atoms with E-state index in [2.05, 4.69) is 26.5 Å². The minimum Gasteiger partial charge on any atom is -0.147 e. The van der Waals surface area contributed by atoms with Crippen LogP contribution in [0.1, 0.15) is 59.3 Å². The molecule has 0 fully saturated rings. The van der Waals surface area contributed by atoms with E-state index in [-0.39, 0.29) is 12.4 Å². The second kappa shape index (κ2) is 11.3. The number of hydrogen-bond donors (Lipinski definition) is 0. The average molecular weight is 298 g/mol. The fourth-order valence-corrected chi connectivity index (χ4v) is 10.2. The van der Waals surface area contributed by atoms with Crippen LogP contribution in [0.3, 0.4) is 0 Å². The molecule has 0 aromatic heterocycles. The summed E-state index contributed by atoms with van der Waals surface area (Å²) < 4.78 is 0. The summed E-state index contributed by atoms with van der Waals surface area (Å²) in [5, 5.41) is 4.86. The molecule has 0 nitrogen and oxygen atoms in total. The van der Waals surface area contributed by atoms with Gasteiger partial charge >= 0.3 is 94.2 Å². The third-order valence-electron chi connectivity index (χ3n) is 3.15. The van der Waals surface area contributed by atoms with Gasteiger partial charge in [-0.3, -0.25) is 0 Å². The smallest absolute Gasteiger partial charge is 0.147 e. The van der Waals surface area contributed by atoms with Crippen LogP contribution in [-0.4, -0.2) is 13.6 Å². The molecule has 0 spiro atoms. The van der Waals surface area contributed by atoms with E-state index in [0.717, 1.165) is 0 Å². The Balaban J connectivity index is 0. The van der Waals surface area contributed by atoms with Gasteiger partial charge in [-0.15, -0.1) is 12.4 Å². The van der Waals surface area contributed by atoms with Crippen molar-refractivity contribution in [3.8, 4) is 0 Å². The Morgan fingerprint density at radius 1 is 0.667 bits per heavy atom. The molecule has 0 aromatic carbocycles. The zero-order chi connectivity index (χ0) is 10.9. The van der Waals surface area contributed by atoms with Gasteiger partial charge in [0.1, 0.15) is 0 Å². The van der Waals surface area contributed by atoms with E-state index in [0.29, 0.717) is 0 Å². The third-order valence-corrected chi connectivity index (χ3v) is 11.9. The molecular formula is C13H31AsCl. The zero-order valence-corrected chi connectivity index (χ0v) is 13.9. The van der Waals surface area contributed by atoms with Crippen LogP contribution in [0.25, 0.3) is 0 Å². The molecule has 0 unspecified atom stereocenters. The van der Waals surface area contributed by atoms with Crippen molar-refractivity contribution in [2.75, 3.05) is 0 Å². The normalized spacial score (nSPS) is 11.2. The van der Waals surface area contributed by atoms with Crippen molar-refractivity contribution in [2.45, 2.75) is 80.6 Å². The van der Waals surface area contributed by atoms with Gasteiger partial charge in [-0.2, -0.15) is 0 Å². The summed E-state index contributed by atoms with van der Waals surface area (Å²) in [4.78, 5) is 0. The molecule has 95 valence electrons. The molecule has 1 radical (unpaired) electrons. The van der Waals surface area contributed by atoms with Crippen LogP contribution in [0.5, 0.6) is 0 Å². The standard InChI is InChI=1S/C13H30As.ClH/c1-5-8-11-14(4,12-9-6-2)13-10-7-3;/h5-13H2,1-4H3;1H. The van der Waals surface area contributed by atoms with Gasteiger partial charge in [0.25, 0.3) is 0 Å². The molecular weight excluding hydrogens is 267 g/mol. The maximum Gasteiger partial charge on any atom is -0.147 e. The third kappa shape index (κ3) is 9.76. The second-order valence-electron chi connectivity index (χ2n) is 4.85. The predicted octanol–water partition coefficient (Wildman–Crippen LogP) is 5.89. The molecule has 15 heavy (non-hydrogen) atoms. The molecule has 0 rings (SSSR count). The number of hydrogen-bond acceptors (Lipinski definition) is 0. The van der Waals surface area contributed by atoms with Crippen molar-refractivity contribution in [3.05, 3.63) is 0 Å². The Bertz CT molecular complexity index is 104. The van der Waals surface area contributed by atoms with E-state index in [1.165, 1.54) is 38.5 Å². The van der Waals surface area contributed by atoms with Gasteiger partial charge in [0, 0.05) is 0 Å². The summed E-state index contributed by atoms with van der Waals surface area (Å²) in [6.07, 6.45) is 8.68. The Labute approximate surface area is 106 Å². The number of unbranched alkanes of at least 4 members (excludes halogenated alkanes) is 3. The Morgan fingerprint density at radius 2 is 0.933 bits per heavy atom. The summed E-state index contributed by atoms with van der Waals surface area (Å²) in [5.41, 5.74) is 2.68. The largest absolute Gasteiger partial charge is 0.147 e. The fraction of sp³-hybridized carbons (Fsp3) is 1.00. The Morgan fingerprint density at radius 3 is 1.13 bits per heavy atom. The molecule has 0 saturated heterocycles. The fourth-order valence-electron chi connectivity index (χ4n) is 1.95. The molecule has 2 heteroatoms. The Hall–Kier alpha value is 0.848. The van der Waals surface area contributed by atoms with Crippen molar-refractivity contribution in [1.82, 2.24) is 0 Å². The quantitative estimate of drug-likeness (QED) is 0.466. The first-order valence-corrected chi connectivity index (χ1v) is 12.4. The van der Waals surface area contributed by atoms with Crippen molar-refractivity contribution in [3.63, 3.8) is 0 Å². The topological polar surface area (TPSA) is 0 Å². The SMILES string of the molecule is CCCC[As](C)(CCCC)CCCC.Cl. The van der Waals surface area contributed by atoms with Crippen LogP contribution in [-0.2, 0) is 0 Å². The van der Waals surface area contributed by atoms with E-state index in [4.69, 9.17) is 0 Å². The molecule has 0 aliphatic rings. The molecule has 0 aromatic rings. The van der Waals surface area contributed by atoms with Gasteiger partial charge in [0.05, 0.1) is 0 Å². The molecule has 0 bridgehead atoms. The Kier molecular flexibility index (Phi) is 13.8. The number of rotatable bonds is 9. The molecule has 0 N–H and O–H groups in total. The summed E-state index contributed by atoms with van der Waals surface area (Å²) in [5.74, 6) is 0. The molecule has 0 saturated carbocycles. The minimum atomic E-state index is -1.16. The van der Waals surface area contributed by atoms with Crippen LogP contribution in [0.4, 0.5) is 0 Å². The van der Waals surface area contributed by atoms with Crippen LogP contribution >= 0.6 is 12.4 Å². The van der Waals surface area contributed by atoms with E-state index in [1.54, 1.807) is 15.6 Å². The van der Waals surface area contributed by atoms with Gasteiger partial charge in [0.2, 0.25) is 0 Å². The first-order chi connectivity index (χ1) is 6.68. The molecule has 0 atom stereocenters. The van der Waals surface area contributed by atoms with Gasteiger partial charge in [0.15, 0.2) is 0 Å². The maximum absolute atomic E-state index is 2.68. The van der Waals surface area contributed by atoms with E-state index in [1.807, 2.05) is 0 Å². The maximum atomic E-state index is 2.68. The van der Waals surface area contributed by atoms with Crippen molar-refractivity contribution >= 4 is 26.0 Å². The second-order valence-corrected chi connectivity index (χ2v) is 14.5. The van der Waals surface area contributed by atoms with Crippen LogP contribution in [0.15, 0.2) is 0 Å². The molecule has 0 amide bonds. The first kappa shape index (κ1) is 18.2.